The van der Waals surface area contributed by atoms with E-state index in [4.69, 9.17) is 4.74 Å². The minimum absolute atomic E-state index is 0.0000917. The smallest absolute Gasteiger partial charge is 0.248 e. The summed E-state index contributed by atoms with van der Waals surface area (Å²) in [7, 11) is 3.47. The molecule has 1 aromatic heterocycles. The summed E-state index contributed by atoms with van der Waals surface area (Å²) in [5.41, 5.74) is 0. The first kappa shape index (κ1) is 13.0. The van der Waals surface area contributed by atoms with Crippen LogP contribution in [0.5, 0.6) is 0 Å². The molecule has 2 rings (SSSR count). The average Bonchev–Trinajstić information content (AvgIpc) is 2.68. The SMILES string of the molecule is CN(C)C(=O)COCC1CNCc2nccn2C1. The van der Waals surface area contributed by atoms with Crippen LogP contribution in [-0.4, -0.2) is 54.2 Å². The Kier molecular flexibility index (Phi) is 4.33. The van der Waals surface area contributed by atoms with Crippen LogP contribution >= 0.6 is 0 Å². The lowest BCUT2D eigenvalue weighted by Gasteiger charge is -2.16. The third-order valence-corrected chi connectivity index (χ3v) is 3.05. The van der Waals surface area contributed by atoms with Crippen LogP contribution in [-0.2, 0) is 22.6 Å². The summed E-state index contributed by atoms with van der Waals surface area (Å²) >= 11 is 0. The lowest BCUT2D eigenvalue weighted by Crippen LogP contribution is -2.30. The zero-order valence-electron chi connectivity index (χ0n) is 10.9. The van der Waals surface area contributed by atoms with Crippen molar-refractivity contribution in [3.63, 3.8) is 0 Å². The third-order valence-electron chi connectivity index (χ3n) is 3.05. The van der Waals surface area contributed by atoms with Crippen LogP contribution in [0.2, 0.25) is 0 Å². The summed E-state index contributed by atoms with van der Waals surface area (Å²) in [6, 6.07) is 0. The second-order valence-corrected chi connectivity index (χ2v) is 4.80. The highest BCUT2D eigenvalue weighted by molar-refractivity contribution is 5.76. The average molecular weight is 252 g/mol. The first-order valence-electron chi connectivity index (χ1n) is 6.15. The number of ether oxygens (including phenoxy) is 1. The van der Waals surface area contributed by atoms with Crippen molar-refractivity contribution in [1.29, 1.82) is 0 Å². The van der Waals surface area contributed by atoms with Gasteiger partial charge in [0.2, 0.25) is 5.91 Å². The number of carbonyl (C=O) groups excluding carboxylic acids is 1. The highest BCUT2D eigenvalue weighted by Gasteiger charge is 2.17. The number of aromatic nitrogens is 2. The van der Waals surface area contributed by atoms with E-state index < -0.39 is 0 Å². The molecular weight excluding hydrogens is 232 g/mol. The molecule has 6 nitrogen and oxygen atoms in total. The fourth-order valence-corrected chi connectivity index (χ4v) is 1.96. The normalized spacial score (nSPS) is 19.1. The monoisotopic (exact) mass is 252 g/mol. The van der Waals surface area contributed by atoms with E-state index in [1.807, 2.05) is 12.4 Å². The maximum atomic E-state index is 11.4. The predicted molar refractivity (Wildman–Crippen MR) is 66.9 cm³/mol. The van der Waals surface area contributed by atoms with Crippen LogP contribution in [0, 0.1) is 5.92 Å². The van der Waals surface area contributed by atoms with E-state index in [1.54, 1.807) is 19.0 Å². The molecule has 0 aliphatic carbocycles. The number of fused-ring (bicyclic) bond motifs is 1. The van der Waals surface area contributed by atoms with Gasteiger partial charge in [0.25, 0.3) is 0 Å². The van der Waals surface area contributed by atoms with E-state index in [2.05, 4.69) is 14.9 Å². The van der Waals surface area contributed by atoms with Crippen LogP contribution in [0.25, 0.3) is 0 Å². The zero-order valence-corrected chi connectivity index (χ0v) is 10.9. The van der Waals surface area contributed by atoms with Gasteiger partial charge in [-0.3, -0.25) is 4.79 Å². The molecular formula is C12H20N4O2. The summed E-state index contributed by atoms with van der Waals surface area (Å²) in [4.78, 5) is 17.2. The minimum Gasteiger partial charge on any atom is -0.371 e. The largest absolute Gasteiger partial charge is 0.371 e. The number of likely N-dealkylation sites (N-methyl/N-ethyl adjacent to an activating group) is 1. The van der Waals surface area contributed by atoms with Gasteiger partial charge in [0.05, 0.1) is 13.2 Å². The molecule has 1 atom stereocenters. The molecule has 1 unspecified atom stereocenters. The number of rotatable bonds is 4. The number of hydrogen-bond acceptors (Lipinski definition) is 4. The summed E-state index contributed by atoms with van der Waals surface area (Å²) < 4.78 is 7.62. The van der Waals surface area contributed by atoms with Crippen molar-refractivity contribution in [2.75, 3.05) is 33.9 Å². The van der Waals surface area contributed by atoms with E-state index in [-0.39, 0.29) is 12.5 Å². The van der Waals surface area contributed by atoms with Crippen molar-refractivity contribution >= 4 is 5.91 Å². The van der Waals surface area contributed by atoms with Gasteiger partial charge in [-0.25, -0.2) is 4.98 Å². The van der Waals surface area contributed by atoms with Crippen LogP contribution in [0.3, 0.4) is 0 Å². The topological polar surface area (TPSA) is 59.4 Å². The Balaban J connectivity index is 1.79. The first-order valence-corrected chi connectivity index (χ1v) is 6.15. The summed E-state index contributed by atoms with van der Waals surface area (Å²) in [5, 5.41) is 3.34. The van der Waals surface area contributed by atoms with Gasteiger partial charge in [-0.15, -0.1) is 0 Å². The Bertz CT molecular complexity index is 403. The predicted octanol–water partition coefficient (Wildman–Crippen LogP) is -0.293. The Hall–Kier alpha value is -1.40. The fourth-order valence-electron chi connectivity index (χ4n) is 1.96. The molecule has 1 aromatic rings. The van der Waals surface area contributed by atoms with E-state index in [0.717, 1.165) is 25.5 Å². The molecule has 0 spiro atoms. The van der Waals surface area contributed by atoms with E-state index >= 15 is 0 Å². The van der Waals surface area contributed by atoms with Crippen LogP contribution in [0.1, 0.15) is 5.82 Å². The van der Waals surface area contributed by atoms with Gasteiger partial charge < -0.3 is 19.5 Å². The lowest BCUT2D eigenvalue weighted by molar-refractivity contribution is -0.134. The van der Waals surface area contributed by atoms with Crippen molar-refractivity contribution in [3.8, 4) is 0 Å². The fraction of sp³-hybridized carbons (Fsp3) is 0.667. The second kappa shape index (κ2) is 5.97. The molecule has 0 saturated carbocycles. The molecule has 1 aliphatic rings. The standard InChI is InChI=1S/C12H20N4O2/c1-15(2)12(17)9-18-8-10-5-13-6-11-14-3-4-16(11)7-10/h3-4,10,13H,5-9H2,1-2H3. The maximum absolute atomic E-state index is 11.4. The summed E-state index contributed by atoms with van der Waals surface area (Å²) in [6.07, 6.45) is 3.80. The molecule has 1 aliphatic heterocycles. The van der Waals surface area contributed by atoms with Crippen molar-refractivity contribution in [3.05, 3.63) is 18.2 Å². The maximum Gasteiger partial charge on any atom is 0.248 e. The molecule has 0 aromatic carbocycles. The lowest BCUT2D eigenvalue weighted by atomic mass is 10.1. The van der Waals surface area contributed by atoms with Crippen molar-refractivity contribution < 1.29 is 9.53 Å². The van der Waals surface area contributed by atoms with Crippen LogP contribution < -0.4 is 5.32 Å². The van der Waals surface area contributed by atoms with E-state index in [0.29, 0.717) is 12.5 Å². The van der Waals surface area contributed by atoms with Gasteiger partial charge in [-0.1, -0.05) is 0 Å². The molecule has 1 amide bonds. The molecule has 1 N–H and O–H groups in total. The zero-order chi connectivity index (χ0) is 13.0. The van der Waals surface area contributed by atoms with E-state index in [9.17, 15) is 4.79 Å². The molecule has 0 fully saturated rings. The molecule has 0 radical (unpaired) electrons. The molecule has 100 valence electrons. The summed E-state index contributed by atoms with van der Waals surface area (Å²) in [5.74, 6) is 1.43. The van der Waals surface area contributed by atoms with Gasteiger partial charge in [-0.05, 0) is 0 Å². The Labute approximate surface area is 107 Å². The Morgan fingerprint density at radius 2 is 2.50 bits per heavy atom. The second-order valence-electron chi connectivity index (χ2n) is 4.80. The van der Waals surface area contributed by atoms with Crippen molar-refractivity contribution in [2.45, 2.75) is 13.1 Å². The van der Waals surface area contributed by atoms with Gasteiger partial charge >= 0.3 is 0 Å². The Morgan fingerprint density at radius 3 is 3.28 bits per heavy atom. The molecule has 0 bridgehead atoms. The quantitative estimate of drug-likeness (QED) is 0.800. The summed E-state index contributed by atoms with van der Waals surface area (Å²) in [6.45, 7) is 3.31. The highest BCUT2D eigenvalue weighted by atomic mass is 16.5. The number of amides is 1. The first-order chi connectivity index (χ1) is 8.66. The van der Waals surface area contributed by atoms with Crippen LogP contribution in [0.4, 0.5) is 0 Å². The number of nitrogens with zero attached hydrogens (tertiary/aromatic N) is 3. The number of hydrogen-bond donors (Lipinski definition) is 1. The Morgan fingerprint density at radius 1 is 1.67 bits per heavy atom. The number of imidazole rings is 1. The highest BCUT2D eigenvalue weighted by Crippen LogP contribution is 2.09. The van der Waals surface area contributed by atoms with E-state index in [1.165, 1.54) is 0 Å². The third kappa shape index (κ3) is 3.30. The van der Waals surface area contributed by atoms with Crippen molar-refractivity contribution in [1.82, 2.24) is 19.8 Å². The van der Waals surface area contributed by atoms with Gasteiger partial charge in [0.15, 0.2) is 0 Å². The molecule has 6 heteroatoms. The van der Waals surface area contributed by atoms with Gasteiger partial charge in [0, 0.05) is 45.5 Å². The number of carbonyl (C=O) groups is 1. The van der Waals surface area contributed by atoms with Crippen molar-refractivity contribution in [2.24, 2.45) is 5.92 Å². The number of nitrogens with one attached hydrogen (secondary N) is 1. The molecule has 2 heterocycles. The molecule has 0 saturated heterocycles. The van der Waals surface area contributed by atoms with Crippen LogP contribution in [0.15, 0.2) is 12.4 Å². The van der Waals surface area contributed by atoms with Gasteiger partial charge in [-0.2, -0.15) is 0 Å². The van der Waals surface area contributed by atoms with Gasteiger partial charge in [0.1, 0.15) is 12.4 Å². The minimum atomic E-state index is -0.0000917. The molecule has 18 heavy (non-hydrogen) atoms.